The highest BCUT2D eigenvalue weighted by molar-refractivity contribution is 5.77. The number of amides is 2. The molecule has 0 aromatic heterocycles. The Morgan fingerprint density at radius 1 is 1.33 bits per heavy atom. The number of likely N-dealkylation sites (tertiary alicyclic amines) is 1. The molecule has 0 saturated carbocycles. The van der Waals surface area contributed by atoms with Gasteiger partial charge in [0.2, 0.25) is 5.91 Å². The predicted molar refractivity (Wildman–Crippen MR) is 89.3 cm³/mol. The summed E-state index contributed by atoms with van der Waals surface area (Å²) >= 11 is 0. The zero-order chi connectivity index (χ0) is 17.4. The first kappa shape index (κ1) is 18.0. The van der Waals surface area contributed by atoms with Gasteiger partial charge in [0.25, 0.3) is 0 Å². The Morgan fingerprint density at radius 3 is 2.75 bits per heavy atom. The number of carbonyl (C=O) groups excluding carboxylic acids is 2. The van der Waals surface area contributed by atoms with Gasteiger partial charge in [-0.25, -0.2) is 9.18 Å². The smallest absolute Gasteiger partial charge is 0.409 e. The minimum atomic E-state index is -0.308. The van der Waals surface area contributed by atoms with Gasteiger partial charge in [-0.1, -0.05) is 6.07 Å². The second-order valence-electron chi connectivity index (χ2n) is 5.71. The lowest BCUT2D eigenvalue weighted by Gasteiger charge is -2.31. The topological polar surface area (TPSA) is 70.7 Å². The average molecular weight is 337 g/mol. The van der Waals surface area contributed by atoms with E-state index in [0.717, 1.165) is 12.8 Å². The van der Waals surface area contributed by atoms with Gasteiger partial charge in [0.1, 0.15) is 5.82 Å². The summed E-state index contributed by atoms with van der Waals surface area (Å²) in [6.07, 6.45) is 1.47. The Morgan fingerprint density at radius 2 is 2.08 bits per heavy atom. The summed E-state index contributed by atoms with van der Waals surface area (Å²) in [6, 6.07) is 6.22. The first-order valence-corrected chi connectivity index (χ1v) is 8.29. The summed E-state index contributed by atoms with van der Waals surface area (Å²) in [5, 5.41) is 6.00. The molecule has 1 saturated heterocycles. The maximum atomic E-state index is 13.0. The molecular formula is C17H24FN3O3. The number of nitrogens with zero attached hydrogens (tertiary/aromatic N) is 1. The van der Waals surface area contributed by atoms with Crippen molar-refractivity contribution >= 4 is 17.7 Å². The van der Waals surface area contributed by atoms with Crippen molar-refractivity contribution in [2.75, 3.05) is 31.6 Å². The Bertz CT molecular complexity index is 560. The van der Waals surface area contributed by atoms with Gasteiger partial charge in [0, 0.05) is 37.8 Å². The summed E-state index contributed by atoms with van der Waals surface area (Å²) < 4.78 is 18.0. The van der Waals surface area contributed by atoms with E-state index in [0.29, 0.717) is 38.3 Å². The molecule has 1 fully saturated rings. The van der Waals surface area contributed by atoms with Gasteiger partial charge in [-0.3, -0.25) is 4.79 Å². The summed E-state index contributed by atoms with van der Waals surface area (Å²) in [4.78, 5) is 25.2. The molecule has 1 aliphatic rings. The van der Waals surface area contributed by atoms with Crippen molar-refractivity contribution in [3.8, 4) is 0 Å². The molecule has 6 nitrogen and oxygen atoms in total. The molecule has 7 heteroatoms. The van der Waals surface area contributed by atoms with Crippen LogP contribution in [0.15, 0.2) is 24.3 Å². The van der Waals surface area contributed by atoms with Crippen LogP contribution < -0.4 is 10.6 Å². The standard InChI is InChI=1S/C17H24FN3O3/c1-2-24-17(23)21-10-7-14(8-11-21)20-16(22)6-9-19-15-5-3-4-13(18)12-15/h3-5,12,14,19H,2,6-11H2,1H3,(H,20,22). The average Bonchev–Trinajstić information content (AvgIpc) is 2.56. The highest BCUT2D eigenvalue weighted by atomic mass is 19.1. The van der Waals surface area contributed by atoms with Crippen molar-refractivity contribution in [2.24, 2.45) is 0 Å². The van der Waals surface area contributed by atoms with E-state index in [1.807, 2.05) is 0 Å². The molecule has 1 heterocycles. The lowest BCUT2D eigenvalue weighted by molar-refractivity contribution is -0.121. The van der Waals surface area contributed by atoms with Gasteiger partial charge in [0.15, 0.2) is 0 Å². The largest absolute Gasteiger partial charge is 0.450 e. The number of carbonyl (C=O) groups is 2. The van der Waals surface area contributed by atoms with Crippen molar-refractivity contribution in [2.45, 2.75) is 32.2 Å². The highest BCUT2D eigenvalue weighted by Gasteiger charge is 2.24. The second-order valence-corrected chi connectivity index (χ2v) is 5.71. The Hall–Kier alpha value is -2.31. The van der Waals surface area contributed by atoms with Crippen molar-refractivity contribution in [3.05, 3.63) is 30.1 Å². The zero-order valence-corrected chi connectivity index (χ0v) is 13.9. The molecule has 1 aromatic rings. The fourth-order valence-corrected chi connectivity index (χ4v) is 2.64. The van der Waals surface area contributed by atoms with E-state index in [9.17, 15) is 14.0 Å². The number of piperidine rings is 1. The summed E-state index contributed by atoms with van der Waals surface area (Å²) in [5.41, 5.74) is 0.658. The Labute approximate surface area is 141 Å². The molecule has 24 heavy (non-hydrogen) atoms. The first-order chi connectivity index (χ1) is 11.6. The third-order valence-corrected chi connectivity index (χ3v) is 3.89. The zero-order valence-electron chi connectivity index (χ0n) is 13.9. The van der Waals surface area contributed by atoms with E-state index in [2.05, 4.69) is 10.6 Å². The number of benzene rings is 1. The number of anilines is 1. The van der Waals surface area contributed by atoms with Crippen molar-refractivity contribution < 1.29 is 18.7 Å². The maximum Gasteiger partial charge on any atom is 0.409 e. The molecule has 1 aliphatic heterocycles. The summed E-state index contributed by atoms with van der Waals surface area (Å²) in [5.74, 6) is -0.355. The minimum Gasteiger partial charge on any atom is -0.450 e. The number of nitrogens with one attached hydrogen (secondary N) is 2. The fourth-order valence-electron chi connectivity index (χ4n) is 2.64. The van der Waals surface area contributed by atoms with Crippen LogP contribution in [0.3, 0.4) is 0 Å². The molecule has 132 valence electrons. The number of halogens is 1. The number of ether oxygens (including phenoxy) is 1. The SMILES string of the molecule is CCOC(=O)N1CCC(NC(=O)CCNc2cccc(F)c2)CC1. The Balaban J connectivity index is 1.64. The Kier molecular flexibility index (Phi) is 6.84. The molecule has 0 spiro atoms. The molecule has 0 bridgehead atoms. The summed E-state index contributed by atoms with van der Waals surface area (Å²) in [7, 11) is 0. The van der Waals surface area contributed by atoms with E-state index < -0.39 is 0 Å². The van der Waals surface area contributed by atoms with Crippen LogP contribution in [0.4, 0.5) is 14.9 Å². The first-order valence-electron chi connectivity index (χ1n) is 8.29. The molecule has 2 N–H and O–H groups in total. The van der Waals surface area contributed by atoms with Crippen LogP contribution in [0.25, 0.3) is 0 Å². The minimum absolute atomic E-state index is 0.0477. The predicted octanol–water partition coefficient (Wildman–Crippen LogP) is 2.36. The lowest BCUT2D eigenvalue weighted by atomic mass is 10.1. The van der Waals surface area contributed by atoms with Crippen LogP contribution in [0, 0.1) is 5.82 Å². The van der Waals surface area contributed by atoms with E-state index in [4.69, 9.17) is 4.74 Å². The van der Waals surface area contributed by atoms with E-state index in [1.165, 1.54) is 12.1 Å². The van der Waals surface area contributed by atoms with Gasteiger partial charge in [-0.15, -0.1) is 0 Å². The molecule has 0 aliphatic carbocycles. The summed E-state index contributed by atoms with van der Waals surface area (Å²) in [6.45, 7) is 3.77. The number of hydrogen-bond acceptors (Lipinski definition) is 4. The maximum absolute atomic E-state index is 13.0. The van der Waals surface area contributed by atoms with E-state index in [-0.39, 0.29) is 23.9 Å². The van der Waals surface area contributed by atoms with Crippen molar-refractivity contribution in [1.82, 2.24) is 10.2 Å². The fraction of sp³-hybridized carbons (Fsp3) is 0.529. The van der Waals surface area contributed by atoms with Gasteiger partial charge < -0.3 is 20.3 Å². The normalized spacial score (nSPS) is 15.0. The van der Waals surface area contributed by atoms with Gasteiger partial charge in [-0.2, -0.15) is 0 Å². The lowest BCUT2D eigenvalue weighted by Crippen LogP contribution is -2.46. The van der Waals surface area contributed by atoms with Crippen LogP contribution in [0.1, 0.15) is 26.2 Å². The molecule has 0 atom stereocenters. The van der Waals surface area contributed by atoms with E-state index in [1.54, 1.807) is 24.0 Å². The molecule has 1 aromatic carbocycles. The number of rotatable bonds is 6. The van der Waals surface area contributed by atoms with Crippen LogP contribution in [-0.4, -0.2) is 49.2 Å². The monoisotopic (exact) mass is 337 g/mol. The van der Waals surface area contributed by atoms with Gasteiger partial charge >= 0.3 is 6.09 Å². The molecule has 2 rings (SSSR count). The van der Waals surface area contributed by atoms with Crippen molar-refractivity contribution in [1.29, 1.82) is 0 Å². The quantitative estimate of drug-likeness (QED) is 0.836. The number of hydrogen-bond donors (Lipinski definition) is 2. The van der Waals surface area contributed by atoms with Crippen LogP contribution >= 0.6 is 0 Å². The highest BCUT2D eigenvalue weighted by Crippen LogP contribution is 2.12. The van der Waals surface area contributed by atoms with E-state index >= 15 is 0 Å². The molecule has 0 radical (unpaired) electrons. The van der Waals surface area contributed by atoms with Crippen molar-refractivity contribution in [3.63, 3.8) is 0 Å². The van der Waals surface area contributed by atoms with Gasteiger partial charge in [0.05, 0.1) is 6.61 Å². The van der Waals surface area contributed by atoms with Gasteiger partial charge in [-0.05, 0) is 38.0 Å². The third kappa shape index (κ3) is 5.72. The molecule has 2 amide bonds. The second kappa shape index (κ2) is 9.10. The van der Waals surface area contributed by atoms with Crippen LogP contribution in [0.2, 0.25) is 0 Å². The van der Waals surface area contributed by atoms with Crippen LogP contribution in [-0.2, 0) is 9.53 Å². The molecule has 0 unspecified atom stereocenters. The van der Waals surface area contributed by atoms with Crippen LogP contribution in [0.5, 0.6) is 0 Å². The molecular weight excluding hydrogens is 313 g/mol. The third-order valence-electron chi connectivity index (χ3n) is 3.89.